The molecule has 0 aliphatic carbocycles. The van der Waals surface area contributed by atoms with Gasteiger partial charge in [0.1, 0.15) is 43.0 Å². The summed E-state index contributed by atoms with van der Waals surface area (Å²) in [5.41, 5.74) is 6.00. The van der Waals surface area contributed by atoms with Gasteiger partial charge in [-0.15, -0.1) is 0 Å². The van der Waals surface area contributed by atoms with E-state index in [9.17, 15) is 28.8 Å². The topological polar surface area (TPSA) is 297 Å². The van der Waals surface area contributed by atoms with Crippen molar-refractivity contribution in [2.24, 2.45) is 0 Å². The van der Waals surface area contributed by atoms with Gasteiger partial charge in [0.25, 0.3) is 5.56 Å². The van der Waals surface area contributed by atoms with E-state index in [4.69, 9.17) is 38.0 Å². The van der Waals surface area contributed by atoms with E-state index in [0.29, 0.717) is 11.2 Å². The first-order valence-corrected chi connectivity index (χ1v) is 17.7. The second-order valence-corrected chi connectivity index (χ2v) is 14.0. The Balaban J connectivity index is 1.13. The molecule has 8 heterocycles. The first-order chi connectivity index (χ1) is 23.4. The van der Waals surface area contributed by atoms with Crippen molar-refractivity contribution in [3.05, 3.63) is 41.7 Å². The van der Waals surface area contributed by atoms with Crippen molar-refractivity contribution in [3.8, 4) is 0 Å². The highest BCUT2D eigenvalue weighted by Gasteiger charge is 2.54. The molecular formula is C24H28N10O13P2. The quantitative estimate of drug-likeness (QED) is 0.144. The Kier molecular flexibility index (Phi) is 7.94. The lowest BCUT2D eigenvalue weighted by Crippen LogP contribution is -2.38. The number of aromatic amines is 1. The Hall–Kier alpha value is -3.70. The Morgan fingerprint density at radius 1 is 0.918 bits per heavy atom. The number of H-pyrrole nitrogens is 1. The lowest BCUT2D eigenvalue weighted by molar-refractivity contribution is -0.0677. The molecule has 5 aromatic rings. The molecule has 25 heteroatoms. The van der Waals surface area contributed by atoms with Crippen molar-refractivity contribution >= 4 is 49.6 Å². The molecule has 10 atom stereocenters. The van der Waals surface area contributed by atoms with Crippen molar-refractivity contribution in [1.82, 2.24) is 43.4 Å². The van der Waals surface area contributed by atoms with Gasteiger partial charge in [0, 0.05) is 19.0 Å². The van der Waals surface area contributed by atoms with Crippen LogP contribution in [0.25, 0.3) is 28.0 Å². The van der Waals surface area contributed by atoms with Crippen LogP contribution in [0.5, 0.6) is 0 Å². The van der Waals surface area contributed by atoms with Gasteiger partial charge in [-0.1, -0.05) is 0 Å². The average Bonchev–Trinajstić information content (AvgIpc) is 3.87. The molecule has 2 bridgehead atoms. The van der Waals surface area contributed by atoms with Crippen LogP contribution in [0.2, 0.25) is 0 Å². The molecule has 4 unspecified atom stereocenters. The molecule has 5 aromatic heterocycles. The van der Waals surface area contributed by atoms with Crippen LogP contribution in [0.4, 0.5) is 5.95 Å². The summed E-state index contributed by atoms with van der Waals surface area (Å²) >= 11 is 0. The Morgan fingerprint density at radius 3 is 2.35 bits per heavy atom. The number of nitrogens with two attached hydrogens (primary N) is 1. The van der Waals surface area contributed by atoms with Gasteiger partial charge in [-0.2, -0.15) is 4.98 Å². The van der Waals surface area contributed by atoms with E-state index in [0.717, 1.165) is 0 Å². The highest BCUT2D eigenvalue weighted by Crippen LogP contribution is 2.54. The number of hydrogen-bond acceptors (Lipinski definition) is 17. The van der Waals surface area contributed by atoms with E-state index in [1.165, 1.54) is 28.1 Å². The fourth-order valence-electron chi connectivity index (χ4n) is 6.15. The average molecular weight is 726 g/mol. The number of phosphoric ester groups is 2. The van der Waals surface area contributed by atoms with Gasteiger partial charge >= 0.3 is 15.6 Å². The number of ether oxygens (including phenoxy) is 3. The van der Waals surface area contributed by atoms with Crippen molar-refractivity contribution in [3.63, 3.8) is 0 Å². The van der Waals surface area contributed by atoms with Crippen LogP contribution >= 0.6 is 15.6 Å². The maximum absolute atomic E-state index is 13.5. The Bertz CT molecular complexity index is 2210. The van der Waals surface area contributed by atoms with Gasteiger partial charge in [0.2, 0.25) is 5.95 Å². The molecule has 0 aromatic carbocycles. The molecule has 0 radical (unpaired) electrons. The number of imidazole rings is 3. The molecule has 3 aliphatic rings. The first-order valence-electron chi connectivity index (χ1n) is 14.7. The zero-order valence-corrected chi connectivity index (χ0v) is 26.9. The smallest absolute Gasteiger partial charge is 0.386 e. The first kappa shape index (κ1) is 32.5. The van der Waals surface area contributed by atoms with Crippen molar-refractivity contribution in [2.75, 3.05) is 25.6 Å². The summed E-state index contributed by atoms with van der Waals surface area (Å²) in [6.45, 7) is 0.237. The van der Waals surface area contributed by atoms with Gasteiger partial charge in [0.05, 0.1) is 25.9 Å². The third kappa shape index (κ3) is 5.66. The normalized spacial score (nSPS) is 35.8. The minimum absolute atomic E-state index is 0.0476. The van der Waals surface area contributed by atoms with E-state index in [1.54, 1.807) is 23.7 Å². The molecule has 0 amide bonds. The Morgan fingerprint density at radius 2 is 1.59 bits per heavy atom. The molecular weight excluding hydrogens is 698 g/mol. The summed E-state index contributed by atoms with van der Waals surface area (Å²) < 4.78 is 70.6. The second kappa shape index (κ2) is 12.0. The van der Waals surface area contributed by atoms with Gasteiger partial charge in [-0.25, -0.2) is 29.1 Å². The number of anilines is 1. The monoisotopic (exact) mass is 726 g/mol. The predicted molar refractivity (Wildman–Crippen MR) is 159 cm³/mol. The number of nitrogens with zero attached hydrogens (tertiary/aromatic N) is 8. The van der Waals surface area contributed by atoms with Crippen molar-refractivity contribution in [1.29, 1.82) is 0 Å². The molecule has 49 heavy (non-hydrogen) atoms. The molecule has 3 saturated heterocycles. The number of hydrogen-bond donors (Lipinski definition) is 5. The zero-order valence-electron chi connectivity index (χ0n) is 25.1. The van der Waals surface area contributed by atoms with E-state index >= 15 is 0 Å². The highest BCUT2D eigenvalue weighted by atomic mass is 31.2. The molecule has 3 aliphatic heterocycles. The van der Waals surface area contributed by atoms with Gasteiger partial charge in [0.15, 0.2) is 40.4 Å². The van der Waals surface area contributed by atoms with Gasteiger partial charge in [-0.3, -0.25) is 41.4 Å². The number of nitrogens with one attached hydrogen (secondary N) is 1. The number of aliphatic hydroxyl groups is 1. The maximum Gasteiger partial charge on any atom is 0.472 e. The van der Waals surface area contributed by atoms with Crippen LogP contribution in [-0.2, 0) is 41.4 Å². The molecule has 6 N–H and O–H groups in total. The summed E-state index contributed by atoms with van der Waals surface area (Å²) in [5.74, 6) is -0.242. The third-order valence-corrected chi connectivity index (χ3v) is 10.2. The van der Waals surface area contributed by atoms with E-state index in [-0.39, 0.29) is 29.4 Å². The molecule has 0 spiro atoms. The standard InChI is InChI=1S/C24H28N10O13P2/c1-2-41-16-11-6-43-48(37,38)46-15-10(44-22(14(15)35)33-8-27-12-18-26-3-4-32(18)7-29-19(12)33)5-42-49(39,40)47-17(16)23(45-11)34-9-28-13-20(34)30-24(25)31-21(13)36/h3-4,7-11,14-17,22-23,35H,2,5-6H2,1H3,(H,37,38)(H,39,40)(H3,25,30,31,36)/t10-,11-,14?,15+,16?,17+,22-,23-/m1/s1. The highest BCUT2D eigenvalue weighted by molar-refractivity contribution is 7.47. The molecule has 262 valence electrons. The number of fused-ring (bicyclic) bond motifs is 7. The van der Waals surface area contributed by atoms with Gasteiger partial charge < -0.3 is 34.8 Å². The van der Waals surface area contributed by atoms with Gasteiger partial charge in [-0.05, 0) is 6.92 Å². The van der Waals surface area contributed by atoms with Crippen LogP contribution in [0.1, 0.15) is 19.4 Å². The summed E-state index contributed by atoms with van der Waals surface area (Å²) in [6.07, 6.45) is -4.09. The largest absolute Gasteiger partial charge is 0.472 e. The molecule has 8 rings (SSSR count). The second-order valence-electron chi connectivity index (χ2n) is 11.2. The fourth-order valence-corrected chi connectivity index (χ4v) is 8.04. The van der Waals surface area contributed by atoms with E-state index < -0.39 is 83.5 Å². The SMILES string of the molecule is CCOC1[C@H]2COP(=O)(O)O[C@@H]3C(O)[C@H](n4cnc5c4ncn4ccnc54)O[C@@H]3COP(=O)(O)O[C@@H]1[C@H](n1cnc3c(=O)[nH]c(N)nc31)O2. The number of aliphatic hydroxyl groups excluding tert-OH is 1. The summed E-state index contributed by atoms with van der Waals surface area (Å²) in [6, 6.07) is 0. The number of phosphoric acid groups is 2. The van der Waals surface area contributed by atoms with Crippen LogP contribution < -0.4 is 11.3 Å². The summed E-state index contributed by atoms with van der Waals surface area (Å²) in [4.78, 5) is 57.6. The zero-order chi connectivity index (χ0) is 34.2. The summed E-state index contributed by atoms with van der Waals surface area (Å²) in [5, 5.41) is 11.3. The maximum atomic E-state index is 13.5. The predicted octanol–water partition coefficient (Wildman–Crippen LogP) is -0.627. The number of rotatable bonds is 4. The number of nitrogen functional groups attached to an aromatic ring is 1. The molecule has 3 fully saturated rings. The van der Waals surface area contributed by atoms with E-state index in [1.807, 2.05) is 0 Å². The molecule has 23 nitrogen and oxygen atoms in total. The lowest BCUT2D eigenvalue weighted by atomic mass is 10.1. The minimum Gasteiger partial charge on any atom is -0.386 e. The lowest BCUT2D eigenvalue weighted by Gasteiger charge is -2.26. The number of aromatic nitrogens is 9. The van der Waals surface area contributed by atoms with Crippen molar-refractivity contribution in [2.45, 2.75) is 56.0 Å². The molecule has 0 saturated carbocycles. The fraction of sp³-hybridized carbons (Fsp3) is 0.500. The van der Waals surface area contributed by atoms with E-state index in [2.05, 4.69) is 29.9 Å². The third-order valence-electron chi connectivity index (χ3n) is 8.22. The van der Waals surface area contributed by atoms with Crippen LogP contribution in [-0.4, -0.2) is 115 Å². The Labute approximate surface area is 272 Å². The van der Waals surface area contributed by atoms with Crippen LogP contribution in [0.15, 0.2) is 36.2 Å². The minimum atomic E-state index is -5.06. The van der Waals surface area contributed by atoms with Crippen LogP contribution in [0, 0.1) is 0 Å². The van der Waals surface area contributed by atoms with Crippen LogP contribution in [0.3, 0.4) is 0 Å². The van der Waals surface area contributed by atoms with Crippen molar-refractivity contribution < 1.29 is 56.3 Å². The summed E-state index contributed by atoms with van der Waals surface area (Å²) in [7, 11) is -10.1.